The van der Waals surface area contributed by atoms with Crippen molar-refractivity contribution in [2.75, 3.05) is 6.61 Å². The van der Waals surface area contributed by atoms with Crippen LogP contribution in [-0.4, -0.2) is 12.6 Å². The van der Waals surface area contributed by atoms with Crippen molar-refractivity contribution in [3.05, 3.63) is 56.6 Å². The van der Waals surface area contributed by atoms with Crippen LogP contribution in [0, 0.1) is 11.3 Å². The van der Waals surface area contributed by atoms with E-state index in [1.807, 2.05) is 0 Å². The normalized spacial score (nSPS) is 17.7. The van der Waals surface area contributed by atoms with Gasteiger partial charge in [-0.2, -0.15) is 18.4 Å². The zero-order valence-corrected chi connectivity index (χ0v) is 15.4. The highest BCUT2D eigenvalue weighted by Gasteiger charge is 2.43. The number of carbonyl (C=O) groups excluding carboxylic acids is 1. The molecule has 2 N–H and O–H groups in total. The molecule has 0 bridgehead atoms. The smallest absolute Gasteiger partial charge is 0.417 e. The highest BCUT2D eigenvalue weighted by molar-refractivity contribution is 9.10. The minimum absolute atomic E-state index is 0.00797. The topological polar surface area (TPSA) is 85.3 Å². The van der Waals surface area contributed by atoms with Crippen molar-refractivity contribution in [3.63, 3.8) is 0 Å². The maximum absolute atomic E-state index is 13.6. The third-order valence-electron chi connectivity index (χ3n) is 3.74. The van der Waals surface area contributed by atoms with Crippen LogP contribution in [0.3, 0.4) is 0 Å². The van der Waals surface area contributed by atoms with Gasteiger partial charge in [0.15, 0.2) is 0 Å². The molecule has 2 rings (SSSR count). The first-order valence-corrected chi connectivity index (χ1v) is 8.23. The van der Waals surface area contributed by atoms with Crippen LogP contribution in [0.5, 0.6) is 0 Å². The second kappa shape index (κ2) is 7.41. The van der Waals surface area contributed by atoms with E-state index in [9.17, 15) is 23.2 Å². The van der Waals surface area contributed by atoms with E-state index in [1.165, 1.54) is 25.1 Å². The lowest BCUT2D eigenvalue weighted by Crippen LogP contribution is -2.27. The fraction of sp³-hybridized carbons (Fsp3) is 0.294. The fourth-order valence-electron chi connectivity index (χ4n) is 2.75. The Morgan fingerprint density at radius 1 is 1.46 bits per heavy atom. The molecule has 0 aromatic heterocycles. The summed E-state index contributed by atoms with van der Waals surface area (Å²) in [7, 11) is 0. The number of allylic oxidation sites excluding steroid dienone is 2. The van der Waals surface area contributed by atoms with Gasteiger partial charge in [-0.15, -0.1) is 0 Å². The first-order chi connectivity index (χ1) is 12.1. The molecule has 0 radical (unpaired) electrons. The monoisotopic (exact) mass is 430 g/mol. The molecule has 1 aromatic rings. The van der Waals surface area contributed by atoms with Crippen LogP contribution in [-0.2, 0) is 20.4 Å². The predicted molar refractivity (Wildman–Crippen MR) is 89.1 cm³/mol. The van der Waals surface area contributed by atoms with Gasteiger partial charge in [0.1, 0.15) is 17.4 Å². The summed E-state index contributed by atoms with van der Waals surface area (Å²) in [5.41, 5.74) is 3.92. The standard InChI is InChI=1S/C17H14BrF3N2O3/c1-3-25-16(24)12-8(2)26-15(23)10(7-22)13(12)9-5-4-6-11(18)14(9)17(19,20)21/h4-6,13H,3,23H2,1-2H3. The summed E-state index contributed by atoms with van der Waals surface area (Å²) in [4.78, 5) is 12.4. The van der Waals surface area contributed by atoms with Gasteiger partial charge in [0.05, 0.1) is 23.7 Å². The lowest BCUT2D eigenvalue weighted by atomic mass is 9.81. The number of carbonyl (C=O) groups is 1. The van der Waals surface area contributed by atoms with Crippen LogP contribution in [0.4, 0.5) is 13.2 Å². The van der Waals surface area contributed by atoms with Crippen LogP contribution >= 0.6 is 15.9 Å². The zero-order valence-electron chi connectivity index (χ0n) is 13.8. The molecule has 1 aromatic carbocycles. The molecule has 0 saturated heterocycles. The molecule has 1 atom stereocenters. The summed E-state index contributed by atoms with van der Waals surface area (Å²) in [6, 6.07) is 5.56. The van der Waals surface area contributed by atoms with Crippen LogP contribution < -0.4 is 5.73 Å². The van der Waals surface area contributed by atoms with Crippen molar-refractivity contribution in [1.82, 2.24) is 0 Å². The summed E-state index contributed by atoms with van der Waals surface area (Å²) in [6.07, 6.45) is -4.73. The van der Waals surface area contributed by atoms with E-state index >= 15 is 0 Å². The molecule has 1 heterocycles. The average Bonchev–Trinajstić information content (AvgIpc) is 2.52. The molecular weight excluding hydrogens is 417 g/mol. The molecule has 0 saturated carbocycles. The van der Waals surface area contributed by atoms with Crippen LogP contribution in [0.25, 0.3) is 0 Å². The number of rotatable bonds is 3. The first-order valence-electron chi connectivity index (χ1n) is 7.44. The van der Waals surface area contributed by atoms with Crippen molar-refractivity contribution in [2.45, 2.75) is 25.9 Å². The minimum atomic E-state index is -4.73. The van der Waals surface area contributed by atoms with Gasteiger partial charge in [0, 0.05) is 4.47 Å². The Balaban J connectivity index is 2.82. The third-order valence-corrected chi connectivity index (χ3v) is 4.40. The second-order valence-electron chi connectivity index (χ2n) is 5.32. The second-order valence-corrected chi connectivity index (χ2v) is 6.17. The van der Waals surface area contributed by atoms with Gasteiger partial charge in [0.2, 0.25) is 5.88 Å². The number of esters is 1. The number of nitriles is 1. The minimum Gasteiger partial charge on any atom is -0.463 e. The van der Waals surface area contributed by atoms with Crippen molar-refractivity contribution in [1.29, 1.82) is 5.26 Å². The molecule has 1 aliphatic heterocycles. The van der Waals surface area contributed by atoms with Crippen LogP contribution in [0.2, 0.25) is 0 Å². The maximum Gasteiger partial charge on any atom is 0.417 e. The Bertz CT molecular complexity index is 854. The van der Waals surface area contributed by atoms with Crippen molar-refractivity contribution in [2.24, 2.45) is 5.73 Å². The van der Waals surface area contributed by atoms with Crippen LogP contribution in [0.15, 0.2) is 45.5 Å². The van der Waals surface area contributed by atoms with Crippen molar-refractivity contribution in [3.8, 4) is 6.07 Å². The van der Waals surface area contributed by atoms with E-state index in [-0.39, 0.29) is 39.4 Å². The number of alkyl halides is 3. The Kier molecular flexibility index (Phi) is 5.66. The van der Waals surface area contributed by atoms with E-state index in [1.54, 1.807) is 13.0 Å². The van der Waals surface area contributed by atoms with Gasteiger partial charge < -0.3 is 15.2 Å². The van der Waals surface area contributed by atoms with Gasteiger partial charge in [-0.3, -0.25) is 0 Å². The SMILES string of the molecule is CCOC(=O)C1=C(C)OC(N)=C(C#N)C1c1cccc(Br)c1C(F)(F)F. The maximum atomic E-state index is 13.6. The Morgan fingerprint density at radius 2 is 2.12 bits per heavy atom. The highest BCUT2D eigenvalue weighted by atomic mass is 79.9. The number of nitrogens with two attached hydrogens (primary N) is 1. The fourth-order valence-corrected chi connectivity index (χ4v) is 3.35. The average molecular weight is 431 g/mol. The number of ether oxygens (including phenoxy) is 2. The summed E-state index contributed by atoms with van der Waals surface area (Å²) < 4.78 is 50.9. The Labute approximate surface area is 156 Å². The predicted octanol–water partition coefficient (Wildman–Crippen LogP) is 4.11. The van der Waals surface area contributed by atoms with Gasteiger partial charge in [-0.1, -0.05) is 28.1 Å². The number of hydrogen-bond acceptors (Lipinski definition) is 5. The van der Waals surface area contributed by atoms with Crippen molar-refractivity contribution >= 4 is 21.9 Å². The van der Waals surface area contributed by atoms with Gasteiger partial charge >= 0.3 is 12.1 Å². The molecule has 5 nitrogen and oxygen atoms in total. The van der Waals surface area contributed by atoms with Gasteiger partial charge in [-0.25, -0.2) is 4.79 Å². The number of halogens is 4. The summed E-state index contributed by atoms with van der Waals surface area (Å²) in [5, 5.41) is 9.44. The Morgan fingerprint density at radius 3 is 2.65 bits per heavy atom. The van der Waals surface area contributed by atoms with E-state index in [0.717, 1.165) is 0 Å². The Hall–Kier alpha value is -2.47. The molecule has 1 aliphatic rings. The number of nitrogens with zero attached hydrogens (tertiary/aromatic N) is 1. The van der Waals surface area contributed by atoms with Crippen LogP contribution in [0.1, 0.15) is 30.9 Å². The molecule has 0 aliphatic carbocycles. The number of hydrogen-bond donors (Lipinski definition) is 1. The van der Waals surface area contributed by atoms with Gasteiger partial charge in [0.25, 0.3) is 0 Å². The summed E-state index contributed by atoms with van der Waals surface area (Å²) >= 11 is 2.90. The quantitative estimate of drug-likeness (QED) is 0.729. The van der Waals surface area contributed by atoms with Crippen molar-refractivity contribution < 1.29 is 27.4 Å². The molecule has 26 heavy (non-hydrogen) atoms. The molecule has 0 spiro atoms. The number of benzene rings is 1. The lowest BCUT2D eigenvalue weighted by molar-refractivity contribution is -0.141. The molecular formula is C17H14BrF3N2O3. The molecule has 0 fully saturated rings. The first kappa shape index (κ1) is 19.8. The van der Waals surface area contributed by atoms with E-state index in [0.29, 0.717) is 0 Å². The third kappa shape index (κ3) is 3.55. The van der Waals surface area contributed by atoms with Gasteiger partial charge in [-0.05, 0) is 25.5 Å². The highest BCUT2D eigenvalue weighted by Crippen LogP contribution is 2.46. The molecule has 0 amide bonds. The zero-order chi connectivity index (χ0) is 19.6. The van der Waals surface area contributed by atoms with E-state index in [4.69, 9.17) is 15.2 Å². The molecule has 1 unspecified atom stereocenters. The van der Waals surface area contributed by atoms with E-state index < -0.39 is 23.6 Å². The molecule has 138 valence electrons. The lowest BCUT2D eigenvalue weighted by Gasteiger charge is -2.29. The molecule has 9 heteroatoms. The summed E-state index contributed by atoms with van der Waals surface area (Å²) in [5.74, 6) is -2.60. The summed E-state index contributed by atoms with van der Waals surface area (Å²) in [6.45, 7) is 2.95. The largest absolute Gasteiger partial charge is 0.463 e. The van der Waals surface area contributed by atoms with E-state index in [2.05, 4.69) is 15.9 Å².